The Bertz CT molecular complexity index is 280. The molecule has 0 radical (unpaired) electrons. The maximum absolute atomic E-state index is 5.53. The third-order valence-electron chi connectivity index (χ3n) is 2.40. The van der Waals surface area contributed by atoms with Gasteiger partial charge in [0.05, 0.1) is 6.10 Å². The van der Waals surface area contributed by atoms with Gasteiger partial charge in [0.2, 0.25) is 0 Å². The van der Waals surface area contributed by atoms with E-state index in [4.69, 9.17) is 4.74 Å². The van der Waals surface area contributed by atoms with E-state index in [1.165, 1.54) is 12.8 Å². The molecule has 1 aliphatic rings. The summed E-state index contributed by atoms with van der Waals surface area (Å²) in [4.78, 5) is 0. The average Bonchev–Trinajstić information content (AvgIpc) is 2.70. The predicted octanol–water partition coefficient (Wildman–Crippen LogP) is 3.04. The third-order valence-corrected chi connectivity index (χ3v) is 2.93. The number of rotatable bonds is 3. The summed E-state index contributed by atoms with van der Waals surface area (Å²) in [6.45, 7) is 1.84. The van der Waals surface area contributed by atoms with Gasteiger partial charge in [-0.3, -0.25) is 0 Å². The van der Waals surface area contributed by atoms with Crippen LogP contribution in [0.5, 0.6) is 0 Å². The number of halogens is 1. The number of ether oxygens (including phenoxy) is 1. The Kier molecular flexibility index (Phi) is 3.43. The lowest BCUT2D eigenvalue weighted by Crippen LogP contribution is -2.18. The van der Waals surface area contributed by atoms with Crippen molar-refractivity contribution < 1.29 is 4.74 Å². The summed E-state index contributed by atoms with van der Waals surface area (Å²) in [5.74, 6) is 0. The van der Waals surface area contributed by atoms with E-state index in [9.17, 15) is 0 Å². The first-order chi connectivity index (χ1) is 6.84. The van der Waals surface area contributed by atoms with Crippen molar-refractivity contribution in [1.82, 2.24) is 0 Å². The second-order valence-electron chi connectivity index (χ2n) is 3.52. The average molecular weight is 256 g/mol. The Labute approximate surface area is 92.8 Å². The smallest absolute Gasteiger partial charge is 0.0748 e. The monoisotopic (exact) mass is 255 g/mol. The molecule has 1 N–H and O–H groups in total. The largest absolute Gasteiger partial charge is 0.382 e. The molecule has 1 saturated heterocycles. The lowest BCUT2D eigenvalue weighted by molar-refractivity contribution is 0.120. The first-order valence-corrected chi connectivity index (χ1v) is 5.75. The first kappa shape index (κ1) is 9.99. The lowest BCUT2D eigenvalue weighted by Gasteiger charge is -2.11. The summed E-state index contributed by atoms with van der Waals surface area (Å²) in [7, 11) is 0. The normalized spacial score (nSPS) is 21.1. The van der Waals surface area contributed by atoms with Gasteiger partial charge >= 0.3 is 0 Å². The van der Waals surface area contributed by atoms with Crippen LogP contribution in [-0.2, 0) is 4.74 Å². The zero-order valence-corrected chi connectivity index (χ0v) is 9.59. The van der Waals surface area contributed by atoms with Crippen molar-refractivity contribution in [2.45, 2.75) is 18.9 Å². The molecule has 2 nitrogen and oxygen atoms in total. The Morgan fingerprint density at radius 3 is 2.79 bits per heavy atom. The van der Waals surface area contributed by atoms with E-state index in [1.807, 2.05) is 12.1 Å². The number of benzene rings is 1. The van der Waals surface area contributed by atoms with E-state index >= 15 is 0 Å². The van der Waals surface area contributed by atoms with Crippen LogP contribution >= 0.6 is 15.9 Å². The molecule has 0 spiro atoms. The Balaban J connectivity index is 1.82. The van der Waals surface area contributed by atoms with Crippen LogP contribution in [0.15, 0.2) is 28.7 Å². The molecule has 1 aromatic carbocycles. The van der Waals surface area contributed by atoms with Crippen LogP contribution in [0.2, 0.25) is 0 Å². The molecule has 1 heterocycles. The molecular weight excluding hydrogens is 242 g/mol. The topological polar surface area (TPSA) is 21.3 Å². The van der Waals surface area contributed by atoms with Crippen LogP contribution in [0.4, 0.5) is 5.69 Å². The van der Waals surface area contributed by atoms with Gasteiger partial charge in [-0.15, -0.1) is 0 Å². The van der Waals surface area contributed by atoms with Gasteiger partial charge in [0.15, 0.2) is 0 Å². The lowest BCUT2D eigenvalue weighted by atomic mass is 10.2. The predicted molar refractivity (Wildman–Crippen MR) is 61.6 cm³/mol. The minimum absolute atomic E-state index is 0.402. The van der Waals surface area contributed by atoms with Crippen LogP contribution in [0.3, 0.4) is 0 Å². The maximum atomic E-state index is 5.53. The van der Waals surface area contributed by atoms with Crippen molar-refractivity contribution in [3.8, 4) is 0 Å². The molecule has 1 aliphatic heterocycles. The van der Waals surface area contributed by atoms with Gasteiger partial charge in [-0.1, -0.05) is 15.9 Å². The highest BCUT2D eigenvalue weighted by atomic mass is 79.9. The highest BCUT2D eigenvalue weighted by molar-refractivity contribution is 9.10. The van der Waals surface area contributed by atoms with Gasteiger partial charge in [-0.2, -0.15) is 0 Å². The van der Waals surface area contributed by atoms with Crippen molar-refractivity contribution >= 4 is 21.6 Å². The van der Waals surface area contributed by atoms with E-state index in [-0.39, 0.29) is 0 Å². The summed E-state index contributed by atoms with van der Waals surface area (Å²) < 4.78 is 6.64. The van der Waals surface area contributed by atoms with Crippen LogP contribution < -0.4 is 5.32 Å². The molecule has 14 heavy (non-hydrogen) atoms. The van der Waals surface area contributed by atoms with Gasteiger partial charge < -0.3 is 10.1 Å². The zero-order chi connectivity index (χ0) is 9.80. The fourth-order valence-electron chi connectivity index (χ4n) is 1.60. The molecule has 0 aliphatic carbocycles. The van der Waals surface area contributed by atoms with Crippen molar-refractivity contribution in [3.05, 3.63) is 28.7 Å². The molecule has 0 aromatic heterocycles. The molecule has 0 bridgehead atoms. The Hall–Kier alpha value is -0.540. The van der Waals surface area contributed by atoms with Crippen molar-refractivity contribution in [3.63, 3.8) is 0 Å². The fourth-order valence-corrected chi connectivity index (χ4v) is 1.87. The first-order valence-electron chi connectivity index (χ1n) is 4.95. The van der Waals surface area contributed by atoms with E-state index < -0.39 is 0 Å². The quantitative estimate of drug-likeness (QED) is 0.897. The third kappa shape index (κ3) is 2.72. The Morgan fingerprint density at radius 2 is 2.14 bits per heavy atom. The summed E-state index contributed by atoms with van der Waals surface area (Å²) in [5, 5.41) is 3.37. The molecule has 1 unspecified atom stereocenters. The summed E-state index contributed by atoms with van der Waals surface area (Å²) >= 11 is 3.41. The summed E-state index contributed by atoms with van der Waals surface area (Å²) in [6, 6.07) is 8.22. The molecular formula is C11H14BrNO. The van der Waals surface area contributed by atoms with Crippen molar-refractivity contribution in [2.75, 3.05) is 18.5 Å². The minimum atomic E-state index is 0.402. The molecule has 1 aromatic rings. The highest BCUT2D eigenvalue weighted by Crippen LogP contribution is 2.16. The van der Waals surface area contributed by atoms with Gasteiger partial charge in [0.1, 0.15) is 0 Å². The molecule has 2 rings (SSSR count). The van der Waals surface area contributed by atoms with Crippen molar-refractivity contribution in [1.29, 1.82) is 0 Å². The molecule has 0 amide bonds. The fraction of sp³-hybridized carbons (Fsp3) is 0.455. The number of hydrogen-bond donors (Lipinski definition) is 1. The number of hydrogen-bond acceptors (Lipinski definition) is 2. The van der Waals surface area contributed by atoms with E-state index in [2.05, 4.69) is 33.4 Å². The second-order valence-corrected chi connectivity index (χ2v) is 4.44. The van der Waals surface area contributed by atoms with E-state index in [0.717, 1.165) is 23.3 Å². The highest BCUT2D eigenvalue weighted by Gasteiger charge is 2.14. The molecule has 3 heteroatoms. The number of anilines is 1. The number of nitrogens with one attached hydrogen (secondary N) is 1. The standard InChI is InChI=1S/C11H14BrNO/c12-9-3-5-10(6-4-9)13-8-11-2-1-7-14-11/h3-6,11,13H,1-2,7-8H2. The summed E-state index contributed by atoms with van der Waals surface area (Å²) in [5.41, 5.74) is 1.16. The second kappa shape index (κ2) is 4.80. The van der Waals surface area contributed by atoms with Crippen LogP contribution in [0.25, 0.3) is 0 Å². The van der Waals surface area contributed by atoms with Gasteiger partial charge in [0, 0.05) is 23.3 Å². The van der Waals surface area contributed by atoms with Crippen molar-refractivity contribution in [2.24, 2.45) is 0 Å². The SMILES string of the molecule is Brc1ccc(NCC2CCCO2)cc1. The summed E-state index contributed by atoms with van der Waals surface area (Å²) in [6.07, 6.45) is 2.79. The molecule has 1 atom stereocenters. The van der Waals surface area contributed by atoms with Crippen LogP contribution in [0, 0.1) is 0 Å². The van der Waals surface area contributed by atoms with Crippen LogP contribution in [0.1, 0.15) is 12.8 Å². The van der Waals surface area contributed by atoms with E-state index in [0.29, 0.717) is 6.10 Å². The van der Waals surface area contributed by atoms with Gasteiger partial charge in [0.25, 0.3) is 0 Å². The van der Waals surface area contributed by atoms with Gasteiger partial charge in [-0.25, -0.2) is 0 Å². The minimum Gasteiger partial charge on any atom is -0.382 e. The maximum Gasteiger partial charge on any atom is 0.0748 e. The Morgan fingerprint density at radius 1 is 1.36 bits per heavy atom. The van der Waals surface area contributed by atoms with Gasteiger partial charge in [-0.05, 0) is 37.1 Å². The molecule has 0 saturated carbocycles. The zero-order valence-electron chi connectivity index (χ0n) is 8.00. The van der Waals surface area contributed by atoms with E-state index in [1.54, 1.807) is 0 Å². The molecule has 76 valence electrons. The molecule has 1 fully saturated rings. The van der Waals surface area contributed by atoms with Crippen LogP contribution in [-0.4, -0.2) is 19.3 Å².